The van der Waals surface area contributed by atoms with E-state index in [1.54, 1.807) is 31.0 Å². The first-order valence-electron chi connectivity index (χ1n) is 8.10. The topological polar surface area (TPSA) is 67.0 Å². The van der Waals surface area contributed by atoms with Crippen LogP contribution >= 0.6 is 11.8 Å². The lowest BCUT2D eigenvalue weighted by Crippen LogP contribution is -2.30. The van der Waals surface area contributed by atoms with E-state index in [1.807, 2.05) is 36.4 Å². The molecule has 2 N–H and O–H groups in total. The van der Waals surface area contributed by atoms with E-state index >= 15 is 0 Å². The third-order valence-corrected chi connectivity index (χ3v) is 4.65. The lowest BCUT2D eigenvalue weighted by Gasteiger charge is -2.17. The van der Waals surface area contributed by atoms with Crippen molar-refractivity contribution in [3.8, 4) is 5.75 Å². The number of fused-ring (bicyclic) bond motifs is 1. The largest absolute Gasteiger partial charge is 0.496 e. The monoisotopic (exact) mass is 355 g/mol. The molecule has 0 aliphatic carbocycles. The van der Waals surface area contributed by atoms with Gasteiger partial charge in [-0.1, -0.05) is 24.3 Å². The van der Waals surface area contributed by atoms with Gasteiger partial charge >= 0.3 is 0 Å². The summed E-state index contributed by atoms with van der Waals surface area (Å²) >= 11 is 1.74. The van der Waals surface area contributed by atoms with E-state index in [1.165, 1.54) is 0 Å². The highest BCUT2D eigenvalue weighted by Gasteiger charge is 2.20. The summed E-state index contributed by atoms with van der Waals surface area (Å²) < 4.78 is 5.29. The zero-order chi connectivity index (χ0) is 17.6. The highest BCUT2D eigenvalue weighted by Crippen LogP contribution is 2.22. The molecule has 0 saturated heterocycles. The maximum absolute atomic E-state index is 12.7. The van der Waals surface area contributed by atoms with Crippen LogP contribution in [0.3, 0.4) is 0 Å². The van der Waals surface area contributed by atoms with Crippen molar-refractivity contribution in [3.05, 3.63) is 59.9 Å². The molecule has 3 aromatic rings. The van der Waals surface area contributed by atoms with Crippen molar-refractivity contribution < 1.29 is 9.53 Å². The van der Waals surface area contributed by atoms with E-state index in [0.29, 0.717) is 11.3 Å². The van der Waals surface area contributed by atoms with Crippen LogP contribution in [-0.2, 0) is 0 Å². The molecule has 1 aromatic heterocycles. The molecule has 25 heavy (non-hydrogen) atoms. The molecule has 0 aliphatic heterocycles. The van der Waals surface area contributed by atoms with E-state index in [9.17, 15) is 4.79 Å². The lowest BCUT2D eigenvalue weighted by molar-refractivity contribution is 0.0931. The number of hydrogen-bond donors (Lipinski definition) is 2. The molecule has 0 radical (unpaired) electrons. The van der Waals surface area contributed by atoms with Gasteiger partial charge in [0.25, 0.3) is 5.91 Å². The first-order valence-corrected chi connectivity index (χ1v) is 9.49. The average Bonchev–Trinajstić information content (AvgIpc) is 3.08. The van der Waals surface area contributed by atoms with E-state index in [-0.39, 0.29) is 11.9 Å². The van der Waals surface area contributed by atoms with Gasteiger partial charge in [0.1, 0.15) is 11.6 Å². The summed E-state index contributed by atoms with van der Waals surface area (Å²) in [5.74, 6) is 2.10. The minimum absolute atomic E-state index is 0.163. The van der Waals surface area contributed by atoms with Crippen LogP contribution in [0, 0.1) is 0 Å². The number of methoxy groups -OCH3 is 1. The molecule has 3 rings (SSSR count). The molecule has 5 nitrogen and oxygen atoms in total. The normalized spacial score (nSPS) is 12.1. The second-order valence-corrected chi connectivity index (χ2v) is 6.63. The number of H-pyrrole nitrogens is 1. The molecule has 0 saturated carbocycles. The SMILES string of the molecule is COc1ccccc1C(=O)N[C@@H](CCSC)c1nc2ccccc2[nH]1. The Kier molecular flexibility index (Phi) is 5.60. The molecule has 0 spiro atoms. The summed E-state index contributed by atoms with van der Waals surface area (Å²) in [7, 11) is 1.57. The van der Waals surface area contributed by atoms with Gasteiger partial charge in [0, 0.05) is 0 Å². The first-order chi connectivity index (χ1) is 12.2. The molecule has 1 atom stereocenters. The highest BCUT2D eigenvalue weighted by atomic mass is 32.2. The maximum atomic E-state index is 12.7. The zero-order valence-corrected chi connectivity index (χ0v) is 15.1. The van der Waals surface area contributed by atoms with Crippen molar-refractivity contribution in [2.75, 3.05) is 19.1 Å². The maximum Gasteiger partial charge on any atom is 0.255 e. The van der Waals surface area contributed by atoms with Crippen LogP contribution < -0.4 is 10.1 Å². The standard InChI is InChI=1S/C19H21N3O2S/c1-24-17-10-6-3-7-13(17)19(23)22-16(11-12-25-2)18-20-14-8-4-5-9-15(14)21-18/h3-10,16H,11-12H2,1-2H3,(H,20,21)(H,22,23)/t16-/m0/s1. The van der Waals surface area contributed by atoms with Crippen molar-refractivity contribution in [2.24, 2.45) is 0 Å². The summed E-state index contributed by atoms with van der Waals surface area (Å²) in [6, 6.07) is 14.9. The molecule has 130 valence electrons. The quantitative estimate of drug-likeness (QED) is 0.676. The van der Waals surface area contributed by atoms with Crippen LogP contribution in [-0.4, -0.2) is 35.0 Å². The van der Waals surface area contributed by atoms with Gasteiger partial charge in [0.2, 0.25) is 0 Å². The van der Waals surface area contributed by atoms with Crippen LogP contribution in [0.4, 0.5) is 0 Å². The summed E-state index contributed by atoms with van der Waals surface area (Å²) in [6.07, 6.45) is 2.85. The Hall–Kier alpha value is -2.47. The van der Waals surface area contributed by atoms with Crippen LogP contribution in [0.5, 0.6) is 5.75 Å². The van der Waals surface area contributed by atoms with Gasteiger partial charge in [0.15, 0.2) is 0 Å². The van der Waals surface area contributed by atoms with E-state index in [4.69, 9.17) is 4.74 Å². The Morgan fingerprint density at radius 2 is 2.00 bits per heavy atom. The smallest absolute Gasteiger partial charge is 0.255 e. The Morgan fingerprint density at radius 1 is 1.24 bits per heavy atom. The average molecular weight is 355 g/mol. The second-order valence-electron chi connectivity index (χ2n) is 5.65. The third-order valence-electron chi connectivity index (χ3n) is 4.01. The number of nitrogens with zero attached hydrogens (tertiary/aromatic N) is 1. The van der Waals surface area contributed by atoms with E-state index in [0.717, 1.165) is 29.0 Å². The van der Waals surface area contributed by atoms with Crippen molar-refractivity contribution in [1.82, 2.24) is 15.3 Å². The Labute approximate surface area is 151 Å². The number of para-hydroxylation sites is 3. The number of nitrogens with one attached hydrogen (secondary N) is 2. The number of aromatic nitrogens is 2. The zero-order valence-electron chi connectivity index (χ0n) is 14.3. The fourth-order valence-electron chi connectivity index (χ4n) is 2.72. The molecular formula is C19H21N3O2S. The molecule has 6 heteroatoms. The molecule has 0 aliphatic rings. The molecule has 0 unspecified atom stereocenters. The molecule has 2 aromatic carbocycles. The van der Waals surface area contributed by atoms with Crippen LogP contribution in [0.1, 0.15) is 28.6 Å². The number of carbonyl (C=O) groups is 1. The number of hydrogen-bond acceptors (Lipinski definition) is 4. The molecular weight excluding hydrogens is 334 g/mol. The fourth-order valence-corrected chi connectivity index (χ4v) is 3.19. The molecule has 1 amide bonds. The minimum atomic E-state index is -0.183. The van der Waals surface area contributed by atoms with Gasteiger partial charge in [-0.2, -0.15) is 11.8 Å². The summed E-state index contributed by atoms with van der Waals surface area (Å²) in [6.45, 7) is 0. The molecule has 1 heterocycles. The van der Waals surface area contributed by atoms with Gasteiger partial charge in [0.05, 0.1) is 29.7 Å². The van der Waals surface area contributed by atoms with Crippen molar-refractivity contribution >= 4 is 28.7 Å². The Morgan fingerprint density at radius 3 is 2.76 bits per heavy atom. The number of amides is 1. The number of benzene rings is 2. The van der Waals surface area contributed by atoms with Crippen molar-refractivity contribution in [3.63, 3.8) is 0 Å². The third kappa shape index (κ3) is 3.96. The predicted octanol–water partition coefficient (Wildman–Crippen LogP) is 3.80. The Balaban J connectivity index is 1.86. The van der Waals surface area contributed by atoms with Gasteiger partial charge in [-0.05, 0) is 42.7 Å². The first kappa shape index (κ1) is 17.4. The van der Waals surface area contributed by atoms with Crippen LogP contribution in [0.25, 0.3) is 11.0 Å². The minimum Gasteiger partial charge on any atom is -0.496 e. The van der Waals surface area contributed by atoms with Gasteiger partial charge in [-0.3, -0.25) is 4.79 Å². The van der Waals surface area contributed by atoms with Crippen molar-refractivity contribution in [2.45, 2.75) is 12.5 Å². The number of ether oxygens (including phenoxy) is 1. The number of imidazole rings is 1. The molecule has 0 fully saturated rings. The van der Waals surface area contributed by atoms with Gasteiger partial charge in [-0.25, -0.2) is 4.98 Å². The number of aromatic amines is 1. The Bertz CT molecular complexity index is 830. The number of rotatable bonds is 7. The number of thioether (sulfide) groups is 1. The summed E-state index contributed by atoms with van der Waals surface area (Å²) in [5.41, 5.74) is 2.40. The second kappa shape index (κ2) is 8.07. The van der Waals surface area contributed by atoms with E-state index < -0.39 is 0 Å². The fraction of sp³-hybridized carbons (Fsp3) is 0.263. The van der Waals surface area contributed by atoms with E-state index in [2.05, 4.69) is 21.5 Å². The lowest BCUT2D eigenvalue weighted by atomic mass is 10.1. The number of carbonyl (C=O) groups excluding carboxylic acids is 1. The summed E-state index contributed by atoms with van der Waals surface area (Å²) in [4.78, 5) is 20.7. The van der Waals surface area contributed by atoms with Crippen LogP contribution in [0.2, 0.25) is 0 Å². The van der Waals surface area contributed by atoms with Gasteiger partial charge < -0.3 is 15.0 Å². The van der Waals surface area contributed by atoms with Crippen molar-refractivity contribution in [1.29, 1.82) is 0 Å². The van der Waals surface area contributed by atoms with Crippen LogP contribution in [0.15, 0.2) is 48.5 Å². The predicted molar refractivity (Wildman–Crippen MR) is 102 cm³/mol. The molecule has 0 bridgehead atoms. The van der Waals surface area contributed by atoms with Gasteiger partial charge in [-0.15, -0.1) is 0 Å². The summed E-state index contributed by atoms with van der Waals surface area (Å²) in [5, 5.41) is 3.09. The highest BCUT2D eigenvalue weighted by molar-refractivity contribution is 7.98.